The Hall–Kier alpha value is -1.43. The number of aromatic nitrogens is 3. The van der Waals surface area contributed by atoms with Gasteiger partial charge in [0.2, 0.25) is 0 Å². The molecule has 1 N–H and O–H groups in total. The third kappa shape index (κ3) is 2.70. The van der Waals surface area contributed by atoms with Crippen molar-refractivity contribution in [2.45, 2.75) is 25.5 Å². The molecule has 0 amide bonds. The Balaban J connectivity index is 1.96. The predicted molar refractivity (Wildman–Crippen MR) is 85.9 cm³/mol. The third-order valence-electron chi connectivity index (χ3n) is 3.45. The van der Waals surface area contributed by atoms with Crippen LogP contribution >= 0.6 is 11.8 Å². The number of nitrogens with zero attached hydrogens (tertiary/aromatic N) is 4. The zero-order valence-electron chi connectivity index (χ0n) is 12.0. The van der Waals surface area contributed by atoms with E-state index in [0.717, 1.165) is 49.1 Å². The second-order valence-electron chi connectivity index (χ2n) is 5.16. The van der Waals surface area contributed by atoms with Crippen LogP contribution in [-0.2, 0) is 0 Å². The Morgan fingerprint density at radius 3 is 3.20 bits per heavy atom. The fraction of sp³-hybridized carbons (Fsp3) is 0.571. The van der Waals surface area contributed by atoms with Gasteiger partial charge in [-0.25, -0.2) is 9.97 Å². The quantitative estimate of drug-likeness (QED) is 0.937. The van der Waals surface area contributed by atoms with Crippen molar-refractivity contribution in [1.29, 1.82) is 0 Å². The molecule has 0 aliphatic carbocycles. The van der Waals surface area contributed by atoms with Gasteiger partial charge in [-0.15, -0.1) is 0 Å². The number of fused-ring (bicyclic) bond motifs is 1. The van der Waals surface area contributed by atoms with Crippen LogP contribution in [0.3, 0.4) is 0 Å². The molecule has 1 aliphatic heterocycles. The van der Waals surface area contributed by atoms with Crippen LogP contribution in [-0.4, -0.2) is 45.0 Å². The highest BCUT2D eigenvalue weighted by molar-refractivity contribution is 8.00. The molecule has 0 radical (unpaired) electrons. The molecule has 6 heteroatoms. The minimum atomic E-state index is 0.646. The van der Waals surface area contributed by atoms with Crippen molar-refractivity contribution < 1.29 is 0 Å². The van der Waals surface area contributed by atoms with E-state index in [-0.39, 0.29) is 0 Å². The molecule has 2 aromatic heterocycles. The molecule has 5 nitrogen and oxygen atoms in total. The monoisotopic (exact) mass is 291 g/mol. The highest BCUT2D eigenvalue weighted by atomic mass is 32.2. The molecule has 1 aliphatic rings. The number of rotatable bonds is 4. The zero-order valence-corrected chi connectivity index (χ0v) is 12.9. The molecule has 20 heavy (non-hydrogen) atoms. The highest BCUT2D eigenvalue weighted by Gasteiger charge is 2.21. The predicted octanol–water partition coefficient (Wildman–Crippen LogP) is 2.49. The molecule has 0 saturated carbocycles. The molecule has 3 rings (SSSR count). The third-order valence-corrected chi connectivity index (χ3v) is 4.59. The molecule has 1 saturated heterocycles. The van der Waals surface area contributed by atoms with E-state index in [9.17, 15) is 0 Å². The molecular formula is C14H21N5S. The second kappa shape index (κ2) is 5.91. The first-order chi connectivity index (χ1) is 9.78. The number of imidazole rings is 1. The van der Waals surface area contributed by atoms with Crippen molar-refractivity contribution in [1.82, 2.24) is 14.4 Å². The van der Waals surface area contributed by atoms with Crippen LogP contribution in [0.15, 0.2) is 18.6 Å². The van der Waals surface area contributed by atoms with Crippen LogP contribution in [0.5, 0.6) is 0 Å². The van der Waals surface area contributed by atoms with E-state index in [1.165, 1.54) is 0 Å². The van der Waals surface area contributed by atoms with Gasteiger partial charge in [0.1, 0.15) is 5.82 Å². The maximum Gasteiger partial charge on any atom is 0.180 e. The summed E-state index contributed by atoms with van der Waals surface area (Å²) in [6.07, 6.45) is 6.94. The Kier molecular flexibility index (Phi) is 4.00. The molecule has 0 aromatic carbocycles. The molecule has 1 atom stereocenters. The van der Waals surface area contributed by atoms with Gasteiger partial charge in [0.25, 0.3) is 0 Å². The van der Waals surface area contributed by atoms with Crippen molar-refractivity contribution in [3.63, 3.8) is 0 Å². The maximum atomic E-state index is 4.79. The van der Waals surface area contributed by atoms with Crippen molar-refractivity contribution in [2.24, 2.45) is 0 Å². The van der Waals surface area contributed by atoms with Crippen molar-refractivity contribution in [2.75, 3.05) is 35.6 Å². The first kappa shape index (κ1) is 13.5. The van der Waals surface area contributed by atoms with Gasteiger partial charge in [-0.3, -0.25) is 0 Å². The first-order valence-corrected chi connectivity index (χ1v) is 8.27. The first-order valence-electron chi connectivity index (χ1n) is 7.22. The van der Waals surface area contributed by atoms with Crippen LogP contribution < -0.4 is 10.2 Å². The van der Waals surface area contributed by atoms with Gasteiger partial charge < -0.3 is 14.6 Å². The lowest BCUT2D eigenvalue weighted by atomic mass is 10.3. The van der Waals surface area contributed by atoms with Gasteiger partial charge in [-0.2, -0.15) is 11.8 Å². The molecule has 2 aromatic rings. The van der Waals surface area contributed by atoms with Crippen LogP contribution in [0.4, 0.5) is 11.6 Å². The van der Waals surface area contributed by atoms with Crippen LogP contribution in [0.1, 0.15) is 20.3 Å². The summed E-state index contributed by atoms with van der Waals surface area (Å²) in [5.41, 5.74) is 0.950. The standard InChI is InChI=1S/C14H21N5S/c1-3-4-15-12-10-18-6-5-16-13(18)14(17-12)19-7-8-20-11(2)9-19/h5-6,10-11,15H,3-4,7-9H2,1-2H3. The lowest BCUT2D eigenvalue weighted by molar-refractivity contribution is 0.769. The summed E-state index contributed by atoms with van der Waals surface area (Å²) in [4.78, 5) is 11.6. The molecule has 1 fully saturated rings. The number of hydrogen-bond acceptors (Lipinski definition) is 5. The van der Waals surface area contributed by atoms with Gasteiger partial charge in [-0.05, 0) is 6.42 Å². The highest BCUT2D eigenvalue weighted by Crippen LogP contribution is 2.26. The van der Waals surface area contributed by atoms with Gasteiger partial charge in [-0.1, -0.05) is 13.8 Å². The smallest absolute Gasteiger partial charge is 0.180 e. The van der Waals surface area contributed by atoms with E-state index in [1.807, 2.05) is 30.4 Å². The average molecular weight is 291 g/mol. The summed E-state index contributed by atoms with van der Waals surface area (Å²) in [5, 5.41) is 4.02. The Labute approximate surface area is 123 Å². The van der Waals surface area contributed by atoms with E-state index in [1.54, 1.807) is 0 Å². The average Bonchev–Trinajstić information content (AvgIpc) is 2.92. The second-order valence-corrected chi connectivity index (χ2v) is 6.71. The number of hydrogen-bond donors (Lipinski definition) is 1. The Morgan fingerprint density at radius 2 is 2.40 bits per heavy atom. The summed E-state index contributed by atoms with van der Waals surface area (Å²) < 4.78 is 2.06. The van der Waals surface area contributed by atoms with E-state index in [2.05, 4.69) is 33.4 Å². The van der Waals surface area contributed by atoms with Gasteiger partial charge in [0.05, 0.1) is 6.20 Å². The zero-order chi connectivity index (χ0) is 13.9. The van der Waals surface area contributed by atoms with Gasteiger partial charge in [0.15, 0.2) is 11.5 Å². The van der Waals surface area contributed by atoms with Crippen LogP contribution in [0, 0.1) is 0 Å². The van der Waals surface area contributed by atoms with Crippen LogP contribution in [0.2, 0.25) is 0 Å². The minimum absolute atomic E-state index is 0.646. The molecule has 0 bridgehead atoms. The maximum absolute atomic E-state index is 4.79. The topological polar surface area (TPSA) is 45.5 Å². The largest absolute Gasteiger partial charge is 0.369 e. The van der Waals surface area contributed by atoms with E-state index >= 15 is 0 Å². The fourth-order valence-electron chi connectivity index (χ4n) is 2.48. The molecule has 0 spiro atoms. The van der Waals surface area contributed by atoms with Crippen LogP contribution in [0.25, 0.3) is 5.65 Å². The summed E-state index contributed by atoms with van der Waals surface area (Å²) in [6, 6.07) is 0. The lowest BCUT2D eigenvalue weighted by Gasteiger charge is -2.31. The van der Waals surface area contributed by atoms with Crippen molar-refractivity contribution in [3.8, 4) is 0 Å². The van der Waals surface area contributed by atoms with Crippen molar-refractivity contribution in [3.05, 3.63) is 18.6 Å². The number of thioether (sulfide) groups is 1. The molecule has 108 valence electrons. The van der Waals surface area contributed by atoms with E-state index in [0.29, 0.717) is 5.25 Å². The number of anilines is 2. The van der Waals surface area contributed by atoms with Crippen molar-refractivity contribution >= 4 is 29.0 Å². The number of nitrogens with one attached hydrogen (secondary N) is 1. The summed E-state index contributed by atoms with van der Waals surface area (Å²) in [6.45, 7) is 7.46. The summed E-state index contributed by atoms with van der Waals surface area (Å²) in [5.74, 6) is 3.09. The fourth-order valence-corrected chi connectivity index (χ4v) is 3.49. The minimum Gasteiger partial charge on any atom is -0.369 e. The summed E-state index contributed by atoms with van der Waals surface area (Å²) >= 11 is 2.03. The lowest BCUT2D eigenvalue weighted by Crippen LogP contribution is -2.37. The van der Waals surface area contributed by atoms with Gasteiger partial charge in [0, 0.05) is 43.0 Å². The SMILES string of the molecule is CCCNc1cn2ccnc2c(N2CCSC(C)C2)n1. The molecule has 3 heterocycles. The molecule has 1 unspecified atom stereocenters. The summed E-state index contributed by atoms with van der Waals surface area (Å²) in [7, 11) is 0. The van der Waals surface area contributed by atoms with E-state index < -0.39 is 0 Å². The van der Waals surface area contributed by atoms with E-state index in [4.69, 9.17) is 4.98 Å². The van der Waals surface area contributed by atoms with Gasteiger partial charge >= 0.3 is 0 Å². The Morgan fingerprint density at radius 1 is 1.50 bits per heavy atom. The normalized spacial score (nSPS) is 19.5. The Bertz CT molecular complexity index is 582. The molecular weight excluding hydrogens is 270 g/mol.